The second-order valence-corrected chi connectivity index (χ2v) is 3.09. The van der Waals surface area contributed by atoms with Crippen LogP contribution in [0.4, 0.5) is 0 Å². The molecular weight excluding hydrogens is 172 g/mol. The normalized spacial score (nSPS) is 19.9. The van der Waals surface area contributed by atoms with Crippen molar-refractivity contribution in [2.45, 2.75) is 25.4 Å². The maximum Gasteiger partial charge on any atom is 0.305 e. The lowest BCUT2D eigenvalue weighted by molar-refractivity contribution is -0.144. The van der Waals surface area contributed by atoms with Crippen molar-refractivity contribution in [3.05, 3.63) is 0 Å². The van der Waals surface area contributed by atoms with Gasteiger partial charge in [-0.3, -0.25) is 4.79 Å². The van der Waals surface area contributed by atoms with Crippen molar-refractivity contribution in [1.29, 1.82) is 0 Å². The van der Waals surface area contributed by atoms with Crippen molar-refractivity contribution in [2.75, 3.05) is 26.9 Å². The Hall–Kier alpha value is -0.610. The second-order valence-electron chi connectivity index (χ2n) is 3.09. The van der Waals surface area contributed by atoms with E-state index in [9.17, 15) is 4.79 Å². The molecule has 0 aromatic rings. The lowest BCUT2D eigenvalue weighted by atomic mass is 10.2. The predicted octanol–water partition coefficient (Wildman–Crippen LogP) is 0.745. The Balaban J connectivity index is 1.84. The minimum Gasteiger partial charge on any atom is -0.463 e. The maximum absolute atomic E-state index is 11.0. The van der Waals surface area contributed by atoms with Crippen LogP contribution in [0.15, 0.2) is 0 Å². The van der Waals surface area contributed by atoms with Crippen molar-refractivity contribution in [3.8, 4) is 0 Å². The number of unbranched alkanes of at least 4 members (excludes halogenated alkanes) is 1. The van der Waals surface area contributed by atoms with Crippen molar-refractivity contribution in [3.63, 3.8) is 0 Å². The summed E-state index contributed by atoms with van der Waals surface area (Å²) in [6.45, 7) is 1.86. The molecule has 0 aromatic heterocycles. The third-order valence-corrected chi connectivity index (χ3v) is 1.81. The van der Waals surface area contributed by atoms with Gasteiger partial charge in [0.2, 0.25) is 0 Å². The molecule has 0 spiro atoms. The van der Waals surface area contributed by atoms with E-state index in [2.05, 4.69) is 0 Å². The summed E-state index contributed by atoms with van der Waals surface area (Å²) in [7, 11) is 1.66. The van der Waals surface area contributed by atoms with Crippen LogP contribution in [0.1, 0.15) is 19.3 Å². The quantitative estimate of drug-likeness (QED) is 0.336. The van der Waals surface area contributed by atoms with Crippen LogP contribution in [-0.4, -0.2) is 39.0 Å². The zero-order valence-corrected chi connectivity index (χ0v) is 7.95. The average Bonchev–Trinajstić information content (AvgIpc) is 2.92. The van der Waals surface area contributed by atoms with E-state index in [1.54, 1.807) is 7.11 Å². The number of hydrogen-bond acceptors (Lipinski definition) is 4. The molecule has 76 valence electrons. The average molecular weight is 188 g/mol. The van der Waals surface area contributed by atoms with Crippen LogP contribution in [0.2, 0.25) is 0 Å². The van der Waals surface area contributed by atoms with Crippen LogP contribution in [0.3, 0.4) is 0 Å². The summed E-state index contributed by atoms with van der Waals surface area (Å²) >= 11 is 0. The lowest BCUT2D eigenvalue weighted by Crippen LogP contribution is -2.09. The highest BCUT2D eigenvalue weighted by atomic mass is 16.6. The Morgan fingerprint density at radius 1 is 1.54 bits per heavy atom. The van der Waals surface area contributed by atoms with E-state index >= 15 is 0 Å². The monoisotopic (exact) mass is 188 g/mol. The van der Waals surface area contributed by atoms with Gasteiger partial charge in [0.25, 0.3) is 0 Å². The largest absolute Gasteiger partial charge is 0.463 e. The summed E-state index contributed by atoms with van der Waals surface area (Å²) in [6, 6.07) is 0. The van der Waals surface area contributed by atoms with Crippen LogP contribution < -0.4 is 0 Å². The third kappa shape index (κ3) is 5.60. The molecule has 1 fully saturated rings. The van der Waals surface area contributed by atoms with Gasteiger partial charge in [-0.1, -0.05) is 0 Å². The van der Waals surface area contributed by atoms with E-state index in [4.69, 9.17) is 14.2 Å². The minimum absolute atomic E-state index is 0.133. The standard InChI is InChI=1S/C9H16O4/c1-11-5-3-2-4-9(10)13-7-8-6-12-8/h8H,2-7H2,1H3. The number of rotatable bonds is 7. The van der Waals surface area contributed by atoms with E-state index < -0.39 is 0 Å². The molecule has 1 saturated heterocycles. The van der Waals surface area contributed by atoms with Crippen LogP contribution in [-0.2, 0) is 19.0 Å². The van der Waals surface area contributed by atoms with Crippen molar-refractivity contribution in [1.82, 2.24) is 0 Å². The number of carbonyl (C=O) groups is 1. The fourth-order valence-corrected chi connectivity index (χ4v) is 0.938. The van der Waals surface area contributed by atoms with Gasteiger partial charge in [-0.15, -0.1) is 0 Å². The van der Waals surface area contributed by atoms with Gasteiger partial charge in [0.15, 0.2) is 0 Å². The Bertz CT molecular complexity index is 154. The second kappa shape index (κ2) is 5.94. The minimum atomic E-state index is -0.133. The van der Waals surface area contributed by atoms with Crippen LogP contribution >= 0.6 is 0 Å². The SMILES string of the molecule is COCCCCC(=O)OCC1CO1. The van der Waals surface area contributed by atoms with Gasteiger partial charge in [0, 0.05) is 20.1 Å². The number of hydrogen-bond donors (Lipinski definition) is 0. The van der Waals surface area contributed by atoms with Gasteiger partial charge in [0.05, 0.1) is 6.61 Å². The van der Waals surface area contributed by atoms with E-state index in [0.29, 0.717) is 19.6 Å². The van der Waals surface area contributed by atoms with E-state index in [1.807, 2.05) is 0 Å². The first-order valence-electron chi connectivity index (χ1n) is 4.59. The first kappa shape index (κ1) is 10.5. The fraction of sp³-hybridized carbons (Fsp3) is 0.889. The van der Waals surface area contributed by atoms with E-state index in [0.717, 1.165) is 19.4 Å². The maximum atomic E-state index is 11.0. The molecule has 4 nitrogen and oxygen atoms in total. The summed E-state index contributed by atoms with van der Waals surface area (Å²) in [5.74, 6) is -0.133. The fourth-order valence-electron chi connectivity index (χ4n) is 0.938. The highest BCUT2D eigenvalue weighted by Gasteiger charge is 2.23. The van der Waals surface area contributed by atoms with Crippen LogP contribution in [0.5, 0.6) is 0 Å². The molecule has 1 unspecified atom stereocenters. The number of epoxide rings is 1. The predicted molar refractivity (Wildman–Crippen MR) is 46.4 cm³/mol. The van der Waals surface area contributed by atoms with Crippen LogP contribution in [0, 0.1) is 0 Å². The molecular formula is C9H16O4. The smallest absolute Gasteiger partial charge is 0.305 e. The molecule has 13 heavy (non-hydrogen) atoms. The zero-order valence-electron chi connectivity index (χ0n) is 7.95. The number of ether oxygens (including phenoxy) is 3. The van der Waals surface area contributed by atoms with Crippen molar-refractivity contribution in [2.24, 2.45) is 0 Å². The number of esters is 1. The molecule has 1 aliphatic rings. The Morgan fingerprint density at radius 3 is 2.92 bits per heavy atom. The van der Waals surface area contributed by atoms with Gasteiger partial charge in [-0.2, -0.15) is 0 Å². The first-order valence-corrected chi connectivity index (χ1v) is 4.59. The molecule has 1 aliphatic heterocycles. The first-order chi connectivity index (χ1) is 6.33. The molecule has 0 amide bonds. The zero-order chi connectivity index (χ0) is 9.52. The van der Waals surface area contributed by atoms with Gasteiger partial charge in [-0.05, 0) is 12.8 Å². The van der Waals surface area contributed by atoms with Gasteiger partial charge in [0.1, 0.15) is 12.7 Å². The van der Waals surface area contributed by atoms with Crippen molar-refractivity contribution < 1.29 is 19.0 Å². The molecule has 0 aromatic carbocycles. The van der Waals surface area contributed by atoms with Gasteiger partial charge >= 0.3 is 5.97 Å². The Labute approximate surface area is 78.2 Å². The molecule has 1 rings (SSSR count). The topological polar surface area (TPSA) is 48.1 Å². The highest BCUT2D eigenvalue weighted by Crippen LogP contribution is 2.09. The van der Waals surface area contributed by atoms with Gasteiger partial charge in [-0.25, -0.2) is 0 Å². The molecule has 0 saturated carbocycles. The molecule has 0 aliphatic carbocycles. The van der Waals surface area contributed by atoms with Crippen molar-refractivity contribution >= 4 is 5.97 Å². The summed E-state index contributed by atoms with van der Waals surface area (Å²) in [6.07, 6.45) is 2.39. The summed E-state index contributed by atoms with van der Waals surface area (Å²) in [5.41, 5.74) is 0. The summed E-state index contributed by atoms with van der Waals surface area (Å²) in [5, 5.41) is 0. The molecule has 0 N–H and O–H groups in total. The Kier molecular flexibility index (Phi) is 4.78. The highest BCUT2D eigenvalue weighted by molar-refractivity contribution is 5.69. The third-order valence-electron chi connectivity index (χ3n) is 1.81. The molecule has 4 heteroatoms. The summed E-state index contributed by atoms with van der Waals surface area (Å²) < 4.78 is 14.7. The van der Waals surface area contributed by atoms with E-state index in [1.165, 1.54) is 0 Å². The summed E-state index contributed by atoms with van der Waals surface area (Å²) in [4.78, 5) is 11.0. The molecule has 1 atom stereocenters. The Morgan fingerprint density at radius 2 is 2.31 bits per heavy atom. The van der Waals surface area contributed by atoms with Crippen LogP contribution in [0.25, 0.3) is 0 Å². The van der Waals surface area contributed by atoms with E-state index in [-0.39, 0.29) is 12.1 Å². The molecule has 0 radical (unpaired) electrons. The number of methoxy groups -OCH3 is 1. The number of carbonyl (C=O) groups excluding carboxylic acids is 1. The molecule has 0 bridgehead atoms. The van der Waals surface area contributed by atoms with Gasteiger partial charge < -0.3 is 14.2 Å². The lowest BCUT2D eigenvalue weighted by Gasteiger charge is -2.01. The molecule has 1 heterocycles.